The summed E-state index contributed by atoms with van der Waals surface area (Å²) in [7, 11) is 6.02. The second-order valence-corrected chi connectivity index (χ2v) is 8.67. The Hall–Kier alpha value is -2.53. The second-order valence-electron chi connectivity index (χ2n) is 8.67. The van der Waals surface area contributed by atoms with Crippen molar-refractivity contribution >= 4 is 6.03 Å². The number of rotatable bonds is 5. The summed E-state index contributed by atoms with van der Waals surface area (Å²) in [6, 6.07) is 18.8. The predicted octanol–water partition coefficient (Wildman–Crippen LogP) is 3.99. The first-order valence-electron chi connectivity index (χ1n) is 10.4. The molecule has 0 unspecified atom stereocenters. The van der Waals surface area contributed by atoms with Crippen LogP contribution in [0.1, 0.15) is 36.8 Å². The number of hydrogen-bond donors (Lipinski definition) is 1. The molecule has 1 spiro atoms. The van der Waals surface area contributed by atoms with E-state index < -0.39 is 0 Å². The molecule has 0 bridgehead atoms. The van der Waals surface area contributed by atoms with Gasteiger partial charge in [-0.3, -0.25) is 4.90 Å². The van der Waals surface area contributed by atoms with E-state index in [4.69, 9.17) is 4.74 Å². The summed E-state index contributed by atoms with van der Waals surface area (Å²) in [5.41, 5.74) is 2.32. The van der Waals surface area contributed by atoms with Gasteiger partial charge < -0.3 is 15.0 Å². The average Bonchev–Trinajstić information content (AvgIpc) is 3.04. The summed E-state index contributed by atoms with van der Waals surface area (Å²) in [4.78, 5) is 17.1. The lowest BCUT2D eigenvalue weighted by molar-refractivity contribution is 0.0617. The molecule has 2 aromatic rings. The second kappa shape index (κ2) is 7.71. The van der Waals surface area contributed by atoms with Crippen LogP contribution >= 0.6 is 0 Å². The van der Waals surface area contributed by atoms with Gasteiger partial charge in [0.25, 0.3) is 0 Å². The number of para-hydroxylation sites is 1. The van der Waals surface area contributed by atoms with Crippen molar-refractivity contribution in [2.24, 2.45) is 0 Å². The first-order valence-corrected chi connectivity index (χ1v) is 10.4. The number of urea groups is 1. The van der Waals surface area contributed by atoms with Gasteiger partial charge in [-0.1, -0.05) is 48.5 Å². The summed E-state index contributed by atoms with van der Waals surface area (Å²) in [6.07, 6.45) is 4.03. The molecule has 0 radical (unpaired) electrons. The van der Waals surface area contributed by atoms with Gasteiger partial charge in [-0.25, -0.2) is 4.79 Å². The maximum absolute atomic E-state index is 12.8. The Kier molecular flexibility index (Phi) is 5.26. The monoisotopic (exact) mass is 393 g/mol. The first kappa shape index (κ1) is 19.8. The highest BCUT2D eigenvalue weighted by molar-refractivity contribution is 5.78. The molecule has 1 N–H and O–H groups in total. The van der Waals surface area contributed by atoms with Crippen LogP contribution in [0.2, 0.25) is 0 Å². The third kappa shape index (κ3) is 3.60. The van der Waals surface area contributed by atoms with Crippen LogP contribution in [0.4, 0.5) is 4.79 Å². The van der Waals surface area contributed by atoms with Crippen molar-refractivity contribution in [2.75, 3.05) is 27.7 Å². The molecule has 2 amide bonds. The van der Waals surface area contributed by atoms with Crippen molar-refractivity contribution in [3.8, 4) is 5.75 Å². The minimum Gasteiger partial charge on any atom is -0.496 e. The number of methoxy groups -OCH3 is 1. The molecule has 4 rings (SSSR count). The van der Waals surface area contributed by atoms with E-state index in [0.717, 1.165) is 43.5 Å². The van der Waals surface area contributed by atoms with Crippen molar-refractivity contribution in [3.63, 3.8) is 0 Å². The van der Waals surface area contributed by atoms with E-state index >= 15 is 0 Å². The highest BCUT2D eigenvalue weighted by Crippen LogP contribution is 2.46. The summed E-state index contributed by atoms with van der Waals surface area (Å²) in [6.45, 7) is 1.33. The largest absolute Gasteiger partial charge is 0.496 e. The maximum Gasteiger partial charge on any atom is 0.318 e. The Labute approximate surface area is 173 Å². The van der Waals surface area contributed by atoms with E-state index in [9.17, 15) is 4.79 Å². The standard InChI is InChI=1S/C24H31N3O2/c1-26(2)24(20-10-5-4-6-11-20)15-13-23(14-16-24)18-27(22(28)25-23)17-19-9-7-8-12-21(19)29-3/h4-12H,13-18H2,1-3H3,(H,25,28)/t23-,24+. The molecule has 1 saturated carbocycles. The molecular weight excluding hydrogens is 362 g/mol. The lowest BCUT2D eigenvalue weighted by Gasteiger charge is -2.48. The number of benzene rings is 2. The molecule has 2 aromatic carbocycles. The topological polar surface area (TPSA) is 44.8 Å². The summed E-state index contributed by atoms with van der Waals surface area (Å²) in [5.74, 6) is 0.834. The van der Waals surface area contributed by atoms with E-state index in [-0.39, 0.29) is 17.1 Å². The van der Waals surface area contributed by atoms with Crippen molar-refractivity contribution in [3.05, 3.63) is 65.7 Å². The van der Waals surface area contributed by atoms with Crippen LogP contribution in [-0.4, -0.2) is 49.1 Å². The molecule has 154 valence electrons. The molecule has 1 heterocycles. The highest BCUT2D eigenvalue weighted by Gasteiger charge is 2.49. The quantitative estimate of drug-likeness (QED) is 0.835. The SMILES string of the molecule is COc1ccccc1CN1C[C@]2(CC[C@](c3ccccc3)(N(C)C)CC2)NC1=O. The van der Waals surface area contributed by atoms with Gasteiger partial charge in [0.1, 0.15) is 5.75 Å². The van der Waals surface area contributed by atoms with E-state index in [1.54, 1.807) is 7.11 Å². The normalized spacial score (nSPS) is 26.8. The summed E-state index contributed by atoms with van der Waals surface area (Å²) >= 11 is 0. The number of hydrogen-bond acceptors (Lipinski definition) is 3. The van der Waals surface area contributed by atoms with Gasteiger partial charge in [0.05, 0.1) is 19.2 Å². The number of ether oxygens (including phenoxy) is 1. The van der Waals surface area contributed by atoms with Gasteiger partial charge in [0.2, 0.25) is 0 Å². The summed E-state index contributed by atoms with van der Waals surface area (Å²) in [5, 5.41) is 3.33. The highest BCUT2D eigenvalue weighted by atomic mass is 16.5. The lowest BCUT2D eigenvalue weighted by atomic mass is 9.69. The van der Waals surface area contributed by atoms with E-state index in [1.807, 2.05) is 29.2 Å². The molecule has 1 aliphatic carbocycles. The fraction of sp³-hybridized carbons (Fsp3) is 0.458. The minimum absolute atomic E-state index is 0.0350. The van der Waals surface area contributed by atoms with Crippen LogP contribution in [0, 0.1) is 0 Å². The number of carbonyl (C=O) groups is 1. The number of nitrogens with one attached hydrogen (secondary N) is 1. The molecule has 2 fully saturated rings. The molecule has 5 heteroatoms. The van der Waals surface area contributed by atoms with Gasteiger partial charge in [-0.2, -0.15) is 0 Å². The van der Waals surface area contributed by atoms with E-state index in [1.165, 1.54) is 5.56 Å². The fourth-order valence-corrected chi connectivity index (χ4v) is 5.12. The smallest absolute Gasteiger partial charge is 0.318 e. The Bertz CT molecular complexity index is 857. The minimum atomic E-state index is -0.132. The molecule has 5 nitrogen and oxygen atoms in total. The lowest BCUT2D eigenvalue weighted by Crippen LogP contribution is -2.54. The van der Waals surface area contributed by atoms with Gasteiger partial charge >= 0.3 is 6.03 Å². The predicted molar refractivity (Wildman–Crippen MR) is 115 cm³/mol. The average molecular weight is 394 g/mol. The zero-order valence-electron chi connectivity index (χ0n) is 17.6. The van der Waals surface area contributed by atoms with E-state index in [2.05, 4.69) is 54.6 Å². The Morgan fingerprint density at radius 3 is 2.31 bits per heavy atom. The van der Waals surface area contributed by atoms with Crippen LogP contribution < -0.4 is 10.1 Å². The zero-order valence-corrected chi connectivity index (χ0v) is 17.6. The molecule has 1 aliphatic heterocycles. The van der Waals surface area contributed by atoms with Crippen LogP contribution in [-0.2, 0) is 12.1 Å². The van der Waals surface area contributed by atoms with Crippen LogP contribution in [0.5, 0.6) is 5.75 Å². The molecule has 2 aliphatic rings. The van der Waals surface area contributed by atoms with Crippen molar-refractivity contribution in [2.45, 2.75) is 43.3 Å². The maximum atomic E-state index is 12.8. The number of nitrogens with zero attached hydrogens (tertiary/aromatic N) is 2. The van der Waals surface area contributed by atoms with Crippen molar-refractivity contribution in [1.82, 2.24) is 15.1 Å². The fourth-order valence-electron chi connectivity index (χ4n) is 5.12. The van der Waals surface area contributed by atoms with Crippen LogP contribution in [0.3, 0.4) is 0 Å². The van der Waals surface area contributed by atoms with Gasteiger partial charge in [0.15, 0.2) is 0 Å². The number of carbonyl (C=O) groups excluding carboxylic acids is 1. The van der Waals surface area contributed by atoms with Gasteiger partial charge in [0, 0.05) is 17.6 Å². The third-order valence-electron chi connectivity index (χ3n) is 6.91. The van der Waals surface area contributed by atoms with E-state index in [0.29, 0.717) is 6.54 Å². The Balaban J connectivity index is 1.49. The number of amides is 2. The molecule has 29 heavy (non-hydrogen) atoms. The van der Waals surface area contributed by atoms with Gasteiger partial charge in [-0.15, -0.1) is 0 Å². The van der Waals surface area contributed by atoms with Crippen LogP contribution in [0.25, 0.3) is 0 Å². The molecule has 0 aromatic heterocycles. The van der Waals surface area contributed by atoms with Crippen molar-refractivity contribution in [1.29, 1.82) is 0 Å². The molecule has 1 saturated heterocycles. The third-order valence-corrected chi connectivity index (χ3v) is 6.91. The summed E-state index contributed by atoms with van der Waals surface area (Å²) < 4.78 is 5.47. The first-order chi connectivity index (χ1) is 14.0. The zero-order chi connectivity index (χ0) is 20.5. The Morgan fingerprint density at radius 2 is 1.66 bits per heavy atom. The van der Waals surface area contributed by atoms with Crippen molar-refractivity contribution < 1.29 is 9.53 Å². The van der Waals surface area contributed by atoms with Crippen LogP contribution in [0.15, 0.2) is 54.6 Å². The molecule has 0 atom stereocenters. The molecular formula is C24H31N3O2. The van der Waals surface area contributed by atoms with Gasteiger partial charge in [-0.05, 0) is 51.4 Å². The Morgan fingerprint density at radius 1 is 1.00 bits per heavy atom.